The van der Waals surface area contributed by atoms with Crippen LogP contribution in [0.4, 0.5) is 4.79 Å². The molecule has 1 aromatic rings. The Morgan fingerprint density at radius 1 is 1.45 bits per heavy atom. The van der Waals surface area contributed by atoms with E-state index in [1.165, 1.54) is 5.56 Å². The number of methoxy groups -OCH3 is 1. The lowest BCUT2D eigenvalue weighted by Crippen LogP contribution is -2.47. The molecule has 5 nitrogen and oxygen atoms in total. The first-order chi connectivity index (χ1) is 9.77. The number of hydrogen-bond acceptors (Lipinski definition) is 4. The van der Waals surface area contributed by atoms with Crippen molar-refractivity contribution in [2.24, 2.45) is 0 Å². The van der Waals surface area contributed by atoms with Crippen LogP contribution in [0.5, 0.6) is 0 Å². The maximum absolute atomic E-state index is 11.8. The van der Waals surface area contributed by atoms with E-state index < -0.39 is 0 Å². The van der Waals surface area contributed by atoms with Gasteiger partial charge in [0.2, 0.25) is 0 Å². The average molecular weight is 298 g/mol. The van der Waals surface area contributed by atoms with Crippen molar-refractivity contribution >= 4 is 17.4 Å². The Labute approximate surface area is 123 Å². The van der Waals surface area contributed by atoms with Crippen molar-refractivity contribution in [2.75, 3.05) is 40.0 Å². The van der Waals surface area contributed by atoms with Crippen LogP contribution >= 0.6 is 11.3 Å². The molecule has 1 aromatic heterocycles. The summed E-state index contributed by atoms with van der Waals surface area (Å²) in [5, 5.41) is 10.0. The van der Waals surface area contributed by atoms with Crippen molar-refractivity contribution in [1.82, 2.24) is 10.6 Å². The van der Waals surface area contributed by atoms with E-state index in [-0.39, 0.29) is 11.4 Å². The Hall–Kier alpha value is -1.11. The van der Waals surface area contributed by atoms with Crippen LogP contribution in [-0.2, 0) is 14.9 Å². The number of urea groups is 1. The van der Waals surface area contributed by atoms with Crippen LogP contribution in [0.2, 0.25) is 0 Å². The highest BCUT2D eigenvalue weighted by Gasteiger charge is 2.35. The second kappa shape index (κ2) is 7.61. The second-order valence-corrected chi connectivity index (χ2v) is 5.79. The van der Waals surface area contributed by atoms with Gasteiger partial charge in [-0.15, -0.1) is 0 Å². The summed E-state index contributed by atoms with van der Waals surface area (Å²) in [6, 6.07) is 2.02. The molecule has 6 heteroatoms. The van der Waals surface area contributed by atoms with E-state index in [1.54, 1.807) is 18.4 Å². The number of rotatable bonds is 6. The largest absolute Gasteiger partial charge is 0.383 e. The van der Waals surface area contributed by atoms with Gasteiger partial charge in [0.25, 0.3) is 0 Å². The molecular weight excluding hydrogens is 276 g/mol. The minimum atomic E-state index is -0.136. The third kappa shape index (κ3) is 3.94. The maximum Gasteiger partial charge on any atom is 0.314 e. The monoisotopic (exact) mass is 298 g/mol. The number of carbonyl (C=O) groups is 1. The van der Waals surface area contributed by atoms with Gasteiger partial charge in [0, 0.05) is 38.8 Å². The molecule has 0 saturated carbocycles. The van der Waals surface area contributed by atoms with Gasteiger partial charge in [-0.2, -0.15) is 11.3 Å². The van der Waals surface area contributed by atoms with Crippen LogP contribution < -0.4 is 10.6 Å². The highest BCUT2D eigenvalue weighted by molar-refractivity contribution is 7.08. The molecule has 2 N–H and O–H groups in total. The Morgan fingerprint density at radius 3 is 2.90 bits per heavy atom. The first-order valence-corrected chi connectivity index (χ1v) is 7.82. The Morgan fingerprint density at radius 2 is 2.25 bits per heavy atom. The molecule has 0 aromatic carbocycles. The van der Waals surface area contributed by atoms with Crippen molar-refractivity contribution in [3.63, 3.8) is 0 Å². The van der Waals surface area contributed by atoms with Crippen molar-refractivity contribution < 1.29 is 14.3 Å². The van der Waals surface area contributed by atoms with E-state index >= 15 is 0 Å². The molecule has 1 fully saturated rings. The quantitative estimate of drug-likeness (QED) is 0.787. The van der Waals surface area contributed by atoms with Crippen molar-refractivity contribution in [1.29, 1.82) is 0 Å². The summed E-state index contributed by atoms with van der Waals surface area (Å²) in [7, 11) is 1.62. The Balaban J connectivity index is 1.90. The molecule has 0 aliphatic carbocycles. The zero-order chi connectivity index (χ0) is 14.3. The van der Waals surface area contributed by atoms with Crippen LogP contribution in [-0.4, -0.2) is 46.1 Å². The maximum atomic E-state index is 11.8. The van der Waals surface area contributed by atoms with Crippen molar-refractivity contribution in [3.8, 4) is 0 Å². The topological polar surface area (TPSA) is 59.6 Å². The van der Waals surface area contributed by atoms with Gasteiger partial charge in [-0.05, 0) is 35.2 Å². The van der Waals surface area contributed by atoms with E-state index in [2.05, 4.69) is 27.5 Å². The molecular formula is C14H22N2O3S. The fraction of sp³-hybridized carbons (Fsp3) is 0.643. The number of amides is 2. The van der Waals surface area contributed by atoms with Gasteiger partial charge in [-0.25, -0.2) is 4.79 Å². The van der Waals surface area contributed by atoms with Gasteiger partial charge in [-0.1, -0.05) is 0 Å². The third-order valence-electron chi connectivity index (χ3n) is 3.76. The Bertz CT molecular complexity index is 403. The highest BCUT2D eigenvalue weighted by atomic mass is 32.1. The van der Waals surface area contributed by atoms with Gasteiger partial charge < -0.3 is 20.1 Å². The summed E-state index contributed by atoms with van der Waals surface area (Å²) in [6.07, 6.45) is 1.89. The van der Waals surface area contributed by atoms with Crippen LogP contribution in [0.25, 0.3) is 0 Å². The standard InChI is InChI=1S/C14H22N2O3S/c1-18-8-5-15-13(17)16-11-14(3-6-19-7-4-14)12-2-9-20-10-12/h2,9-10H,3-8,11H2,1H3,(H2,15,16,17). The molecule has 20 heavy (non-hydrogen) atoms. The lowest BCUT2D eigenvalue weighted by atomic mass is 9.75. The summed E-state index contributed by atoms with van der Waals surface area (Å²) in [4.78, 5) is 11.8. The van der Waals surface area contributed by atoms with Crippen LogP contribution in [0.3, 0.4) is 0 Å². The smallest absolute Gasteiger partial charge is 0.314 e. The highest BCUT2D eigenvalue weighted by Crippen LogP contribution is 2.35. The fourth-order valence-corrected chi connectivity index (χ4v) is 3.25. The van der Waals surface area contributed by atoms with Gasteiger partial charge in [-0.3, -0.25) is 0 Å². The van der Waals surface area contributed by atoms with Gasteiger partial charge in [0.1, 0.15) is 0 Å². The predicted molar refractivity (Wildman–Crippen MR) is 79.3 cm³/mol. The van der Waals surface area contributed by atoms with E-state index in [0.29, 0.717) is 19.7 Å². The van der Waals surface area contributed by atoms with Crippen LogP contribution in [0.1, 0.15) is 18.4 Å². The number of carbonyl (C=O) groups excluding carboxylic acids is 1. The summed E-state index contributed by atoms with van der Waals surface area (Å²) in [6.45, 7) is 3.20. The molecule has 0 atom stereocenters. The van der Waals surface area contributed by atoms with Gasteiger partial charge >= 0.3 is 6.03 Å². The molecule has 0 spiro atoms. The average Bonchev–Trinajstić information content (AvgIpc) is 3.01. The van der Waals surface area contributed by atoms with Crippen LogP contribution in [0, 0.1) is 0 Å². The van der Waals surface area contributed by atoms with Gasteiger partial charge in [0.15, 0.2) is 0 Å². The predicted octanol–water partition coefficient (Wildman–Crippen LogP) is 1.74. The van der Waals surface area contributed by atoms with Crippen molar-refractivity contribution in [3.05, 3.63) is 22.4 Å². The first kappa shape index (κ1) is 15.3. The first-order valence-electron chi connectivity index (χ1n) is 6.88. The molecule has 1 saturated heterocycles. The SMILES string of the molecule is COCCNC(=O)NCC1(c2ccsc2)CCOCC1. The summed E-state index contributed by atoms with van der Waals surface area (Å²) < 4.78 is 10.4. The molecule has 0 radical (unpaired) electrons. The fourth-order valence-electron chi connectivity index (χ4n) is 2.47. The normalized spacial score (nSPS) is 17.6. The number of nitrogens with one attached hydrogen (secondary N) is 2. The molecule has 2 amide bonds. The lowest BCUT2D eigenvalue weighted by Gasteiger charge is -2.37. The third-order valence-corrected chi connectivity index (χ3v) is 4.45. The second-order valence-electron chi connectivity index (χ2n) is 5.01. The summed E-state index contributed by atoms with van der Waals surface area (Å²) in [5.41, 5.74) is 1.32. The molecule has 112 valence electrons. The molecule has 0 bridgehead atoms. The van der Waals surface area contributed by atoms with Crippen LogP contribution in [0.15, 0.2) is 16.8 Å². The van der Waals surface area contributed by atoms with E-state index in [0.717, 1.165) is 26.1 Å². The number of thiophene rings is 1. The molecule has 1 aliphatic rings. The summed E-state index contributed by atoms with van der Waals surface area (Å²) in [5.74, 6) is 0. The van der Waals surface area contributed by atoms with E-state index in [4.69, 9.17) is 9.47 Å². The molecule has 0 unspecified atom stereocenters. The van der Waals surface area contributed by atoms with Gasteiger partial charge in [0.05, 0.1) is 6.61 Å². The zero-order valence-electron chi connectivity index (χ0n) is 11.8. The molecule has 2 rings (SSSR count). The van der Waals surface area contributed by atoms with E-state index in [1.807, 2.05) is 0 Å². The van der Waals surface area contributed by atoms with E-state index in [9.17, 15) is 4.79 Å². The number of ether oxygens (including phenoxy) is 2. The molecule has 1 aliphatic heterocycles. The number of hydrogen-bond donors (Lipinski definition) is 2. The Kier molecular flexibility index (Phi) is 5.82. The summed E-state index contributed by atoms with van der Waals surface area (Å²) >= 11 is 1.70. The lowest BCUT2D eigenvalue weighted by molar-refractivity contribution is 0.0508. The zero-order valence-corrected chi connectivity index (χ0v) is 12.6. The minimum absolute atomic E-state index is 0.0108. The molecule has 2 heterocycles. The minimum Gasteiger partial charge on any atom is -0.383 e. The van der Waals surface area contributed by atoms with Crippen molar-refractivity contribution in [2.45, 2.75) is 18.3 Å².